The summed E-state index contributed by atoms with van der Waals surface area (Å²) in [5.74, 6) is -0.335. The van der Waals surface area contributed by atoms with Gasteiger partial charge in [0.25, 0.3) is 5.91 Å². The van der Waals surface area contributed by atoms with E-state index < -0.39 is 6.04 Å². The molecule has 1 aliphatic rings. The van der Waals surface area contributed by atoms with E-state index in [0.29, 0.717) is 5.56 Å². The monoisotopic (exact) mass is 364 g/mol. The molecule has 0 fully saturated rings. The van der Waals surface area contributed by atoms with E-state index in [1.807, 2.05) is 45.0 Å². The van der Waals surface area contributed by atoms with Gasteiger partial charge in [-0.25, -0.2) is 0 Å². The highest BCUT2D eigenvalue weighted by atomic mass is 16.2. The largest absolute Gasteiger partial charge is 0.347 e. The molecular formula is C23H28N2O2. The minimum Gasteiger partial charge on any atom is -0.347 e. The molecule has 2 N–H and O–H groups in total. The number of fused-ring (bicyclic) bond motifs is 1. The lowest BCUT2D eigenvalue weighted by molar-refractivity contribution is -0.124. The molecule has 142 valence electrons. The molecule has 0 aromatic heterocycles. The first-order valence-corrected chi connectivity index (χ1v) is 9.71. The Morgan fingerprint density at radius 3 is 2.44 bits per heavy atom. The highest BCUT2D eigenvalue weighted by Crippen LogP contribution is 2.29. The van der Waals surface area contributed by atoms with Gasteiger partial charge in [-0.1, -0.05) is 55.8 Å². The molecule has 0 aliphatic heterocycles. The average molecular weight is 364 g/mol. The second kappa shape index (κ2) is 8.38. The maximum absolute atomic E-state index is 13.0. The van der Waals surface area contributed by atoms with Crippen LogP contribution < -0.4 is 10.6 Å². The average Bonchev–Trinajstić information content (AvgIpc) is 2.66. The van der Waals surface area contributed by atoms with Crippen LogP contribution in [0, 0.1) is 12.8 Å². The van der Waals surface area contributed by atoms with Crippen molar-refractivity contribution in [1.82, 2.24) is 10.6 Å². The maximum Gasteiger partial charge on any atom is 0.251 e. The van der Waals surface area contributed by atoms with Gasteiger partial charge in [-0.15, -0.1) is 0 Å². The van der Waals surface area contributed by atoms with Crippen LogP contribution in [0.2, 0.25) is 0 Å². The zero-order valence-corrected chi connectivity index (χ0v) is 16.3. The Morgan fingerprint density at radius 2 is 1.74 bits per heavy atom. The second-order valence-electron chi connectivity index (χ2n) is 7.71. The van der Waals surface area contributed by atoms with Gasteiger partial charge in [-0.05, 0) is 55.4 Å². The van der Waals surface area contributed by atoms with Crippen LogP contribution in [-0.4, -0.2) is 17.9 Å². The van der Waals surface area contributed by atoms with Gasteiger partial charge in [0.1, 0.15) is 6.04 Å². The topological polar surface area (TPSA) is 58.2 Å². The predicted octanol–water partition coefficient (Wildman–Crippen LogP) is 3.94. The Balaban J connectivity index is 1.71. The quantitative estimate of drug-likeness (QED) is 0.844. The maximum atomic E-state index is 13.0. The van der Waals surface area contributed by atoms with Gasteiger partial charge < -0.3 is 10.6 Å². The minimum absolute atomic E-state index is 0.00164. The first-order valence-electron chi connectivity index (χ1n) is 9.71. The summed E-state index contributed by atoms with van der Waals surface area (Å²) in [4.78, 5) is 25.5. The number of nitrogens with one attached hydrogen (secondary N) is 2. The number of hydrogen-bond donors (Lipinski definition) is 2. The first kappa shape index (κ1) is 19.2. The molecule has 2 aromatic carbocycles. The predicted molar refractivity (Wildman–Crippen MR) is 108 cm³/mol. The molecule has 1 unspecified atom stereocenters. The van der Waals surface area contributed by atoms with Crippen molar-refractivity contribution >= 4 is 11.8 Å². The summed E-state index contributed by atoms with van der Waals surface area (Å²) in [6.07, 6.45) is 3.05. The zero-order chi connectivity index (χ0) is 19.4. The van der Waals surface area contributed by atoms with Gasteiger partial charge in [-0.3, -0.25) is 9.59 Å². The number of hydrogen-bond acceptors (Lipinski definition) is 2. The number of amides is 2. The normalized spacial score (nSPS) is 17.1. The van der Waals surface area contributed by atoms with Crippen LogP contribution in [-0.2, 0) is 11.2 Å². The third-order valence-corrected chi connectivity index (χ3v) is 5.24. The van der Waals surface area contributed by atoms with Crippen LogP contribution in [0.5, 0.6) is 0 Å². The summed E-state index contributed by atoms with van der Waals surface area (Å²) in [5.41, 5.74) is 4.17. The van der Waals surface area contributed by atoms with Crippen molar-refractivity contribution in [2.45, 2.75) is 52.1 Å². The van der Waals surface area contributed by atoms with Crippen LogP contribution in [0.15, 0.2) is 48.5 Å². The smallest absolute Gasteiger partial charge is 0.251 e. The number of carbonyl (C=O) groups excluding carboxylic acids is 2. The van der Waals surface area contributed by atoms with E-state index in [1.54, 1.807) is 12.1 Å². The molecule has 1 aliphatic carbocycles. The molecule has 27 heavy (non-hydrogen) atoms. The highest BCUT2D eigenvalue weighted by molar-refractivity contribution is 5.97. The Hall–Kier alpha value is -2.62. The molecule has 0 saturated carbocycles. The molecule has 2 aromatic rings. The molecule has 0 radical (unpaired) electrons. The van der Waals surface area contributed by atoms with Crippen molar-refractivity contribution in [1.29, 1.82) is 0 Å². The number of benzene rings is 2. The second-order valence-corrected chi connectivity index (χ2v) is 7.71. The van der Waals surface area contributed by atoms with Gasteiger partial charge in [0.2, 0.25) is 5.91 Å². The third-order valence-electron chi connectivity index (χ3n) is 5.24. The van der Waals surface area contributed by atoms with E-state index in [0.717, 1.165) is 24.8 Å². The van der Waals surface area contributed by atoms with Crippen molar-refractivity contribution in [3.05, 3.63) is 70.8 Å². The van der Waals surface area contributed by atoms with Crippen molar-refractivity contribution in [3.8, 4) is 0 Å². The highest BCUT2D eigenvalue weighted by Gasteiger charge is 2.28. The molecule has 0 saturated heterocycles. The van der Waals surface area contributed by atoms with Gasteiger partial charge >= 0.3 is 0 Å². The molecule has 3 rings (SSSR count). The molecule has 2 atom stereocenters. The molecule has 2 amide bonds. The number of aryl methyl sites for hydroxylation is 2. The Kier molecular flexibility index (Phi) is 5.94. The van der Waals surface area contributed by atoms with Crippen molar-refractivity contribution in [2.24, 2.45) is 5.92 Å². The number of rotatable bonds is 5. The summed E-state index contributed by atoms with van der Waals surface area (Å²) >= 11 is 0. The lowest BCUT2D eigenvalue weighted by Crippen LogP contribution is -2.50. The van der Waals surface area contributed by atoms with E-state index in [2.05, 4.69) is 22.8 Å². The summed E-state index contributed by atoms with van der Waals surface area (Å²) in [6.45, 7) is 5.89. The summed E-state index contributed by atoms with van der Waals surface area (Å²) < 4.78 is 0. The van der Waals surface area contributed by atoms with E-state index in [-0.39, 0.29) is 23.8 Å². The van der Waals surface area contributed by atoms with Gasteiger partial charge in [0.15, 0.2) is 0 Å². The van der Waals surface area contributed by atoms with Crippen LogP contribution >= 0.6 is 0 Å². The van der Waals surface area contributed by atoms with E-state index in [9.17, 15) is 9.59 Å². The minimum atomic E-state index is -0.562. The van der Waals surface area contributed by atoms with Crippen molar-refractivity contribution in [3.63, 3.8) is 0 Å². The number of carbonyl (C=O) groups is 2. The molecule has 0 spiro atoms. The standard InChI is InChI=1S/C23H28N2O2/c1-15(2)21(25-22(26)18-13-11-16(3)12-14-18)23(27)24-20-10-6-8-17-7-4-5-9-19(17)20/h4-5,7,9,11-15,20-21H,6,8,10H2,1-3H3,(H,24,27)(H,25,26)/t20?,21-/m0/s1. The fraction of sp³-hybridized carbons (Fsp3) is 0.391. The van der Waals surface area contributed by atoms with E-state index in [4.69, 9.17) is 0 Å². The fourth-order valence-electron chi connectivity index (χ4n) is 3.63. The van der Waals surface area contributed by atoms with Gasteiger partial charge in [-0.2, -0.15) is 0 Å². The zero-order valence-electron chi connectivity index (χ0n) is 16.3. The van der Waals surface area contributed by atoms with Crippen LogP contribution in [0.4, 0.5) is 0 Å². The van der Waals surface area contributed by atoms with Crippen LogP contribution in [0.25, 0.3) is 0 Å². The van der Waals surface area contributed by atoms with Crippen LogP contribution in [0.1, 0.15) is 59.8 Å². The lowest BCUT2D eigenvalue weighted by Gasteiger charge is -2.29. The van der Waals surface area contributed by atoms with Crippen molar-refractivity contribution < 1.29 is 9.59 Å². The summed E-state index contributed by atoms with van der Waals surface area (Å²) in [5, 5.41) is 6.08. The van der Waals surface area contributed by atoms with E-state index >= 15 is 0 Å². The molecule has 4 nitrogen and oxygen atoms in total. The molecular weight excluding hydrogens is 336 g/mol. The fourth-order valence-corrected chi connectivity index (χ4v) is 3.63. The summed E-state index contributed by atoms with van der Waals surface area (Å²) in [7, 11) is 0. The van der Waals surface area contributed by atoms with E-state index in [1.165, 1.54) is 11.1 Å². The molecule has 0 heterocycles. The van der Waals surface area contributed by atoms with Crippen molar-refractivity contribution in [2.75, 3.05) is 0 Å². The third kappa shape index (κ3) is 4.57. The Morgan fingerprint density at radius 1 is 1.04 bits per heavy atom. The summed E-state index contributed by atoms with van der Waals surface area (Å²) in [6, 6.07) is 15.1. The van der Waals surface area contributed by atoms with Gasteiger partial charge in [0, 0.05) is 5.56 Å². The Bertz CT molecular complexity index is 811. The Labute approximate surface area is 161 Å². The molecule has 0 bridgehead atoms. The lowest BCUT2D eigenvalue weighted by atomic mass is 9.87. The van der Waals surface area contributed by atoms with Crippen LogP contribution in [0.3, 0.4) is 0 Å². The van der Waals surface area contributed by atoms with Gasteiger partial charge in [0.05, 0.1) is 6.04 Å². The molecule has 4 heteroatoms. The first-order chi connectivity index (χ1) is 13.0. The SMILES string of the molecule is Cc1ccc(C(=O)N[C@H](C(=O)NC2CCCc3ccccc32)C(C)C)cc1.